The number of methoxy groups -OCH3 is 1. The summed E-state index contributed by atoms with van der Waals surface area (Å²) in [6, 6.07) is -0.778. The first-order chi connectivity index (χ1) is 26.3. The maximum absolute atomic E-state index is 13.2. The quantitative estimate of drug-likeness (QED) is 0.156. The number of carbonyl (C=O) groups excluding carboxylic acids is 4. The van der Waals surface area contributed by atoms with E-state index in [2.05, 4.69) is 0 Å². The molecule has 16 unspecified atom stereocenters. The van der Waals surface area contributed by atoms with Crippen LogP contribution in [0.4, 0.5) is 0 Å². The second kappa shape index (κ2) is 21.8. The van der Waals surface area contributed by atoms with E-state index in [-0.39, 0.29) is 25.7 Å². The molecule has 320 valence electrons. The van der Waals surface area contributed by atoms with Crippen molar-refractivity contribution >= 4 is 24.2 Å². The summed E-state index contributed by atoms with van der Waals surface area (Å²) >= 11 is 0. The zero-order valence-corrected chi connectivity index (χ0v) is 34.5. The lowest BCUT2D eigenvalue weighted by Crippen LogP contribution is -2.66. The highest BCUT2D eigenvalue weighted by atomic mass is 16.7. The predicted octanol–water partition coefficient (Wildman–Crippen LogP) is 2.38. The first-order valence-corrected chi connectivity index (χ1v) is 19.6. The summed E-state index contributed by atoms with van der Waals surface area (Å²) < 4.78 is 48.2. The van der Waals surface area contributed by atoms with Gasteiger partial charge in [-0.1, -0.05) is 38.2 Å². The van der Waals surface area contributed by atoms with Crippen molar-refractivity contribution < 1.29 is 72.4 Å². The molecule has 0 aromatic rings. The Hall–Kier alpha value is -2.80. The first-order valence-electron chi connectivity index (χ1n) is 19.6. The zero-order chi connectivity index (χ0) is 41.9. The van der Waals surface area contributed by atoms with E-state index in [1.165, 1.54) is 14.0 Å². The third kappa shape index (κ3) is 13.1. The van der Waals surface area contributed by atoms with Gasteiger partial charge in [-0.25, -0.2) is 0 Å². The van der Waals surface area contributed by atoms with Gasteiger partial charge in [0.1, 0.15) is 42.4 Å². The van der Waals surface area contributed by atoms with E-state index in [0.29, 0.717) is 12.7 Å². The van der Waals surface area contributed by atoms with Crippen LogP contribution in [0.25, 0.3) is 0 Å². The Morgan fingerprint density at radius 3 is 2.30 bits per heavy atom. The molecule has 16 nitrogen and oxygen atoms in total. The van der Waals surface area contributed by atoms with Crippen LogP contribution in [-0.4, -0.2) is 151 Å². The normalized spacial score (nSPS) is 41.6. The average molecular weight is 800 g/mol. The molecule has 3 N–H and O–H groups in total. The summed E-state index contributed by atoms with van der Waals surface area (Å²) in [6.45, 7) is 11.3. The predicted molar refractivity (Wildman–Crippen MR) is 201 cm³/mol. The van der Waals surface area contributed by atoms with Gasteiger partial charge < -0.3 is 62.9 Å². The highest BCUT2D eigenvalue weighted by Crippen LogP contribution is 2.37. The molecule has 2 saturated heterocycles. The number of hydrogen-bond donors (Lipinski definition) is 3. The fraction of sp³-hybridized carbons (Fsp3) is 0.800. The van der Waals surface area contributed by atoms with Crippen LogP contribution in [0, 0.1) is 11.8 Å². The third-order valence-electron chi connectivity index (χ3n) is 10.6. The molecule has 3 rings (SSSR count). The van der Waals surface area contributed by atoms with Crippen molar-refractivity contribution in [2.75, 3.05) is 21.2 Å². The van der Waals surface area contributed by atoms with Crippen LogP contribution in [0.2, 0.25) is 0 Å². The van der Waals surface area contributed by atoms with E-state index >= 15 is 0 Å². The molecular formula is C40H65NO15. The number of allylic oxidation sites excluding steroid dienone is 2. The van der Waals surface area contributed by atoms with E-state index in [0.717, 1.165) is 0 Å². The Morgan fingerprint density at radius 2 is 1.71 bits per heavy atom. The molecule has 16 atom stereocenters. The molecular weight excluding hydrogens is 734 g/mol. The highest BCUT2D eigenvalue weighted by Gasteiger charge is 2.53. The topological polar surface area (TPSA) is 206 Å². The molecule has 3 aliphatic heterocycles. The minimum absolute atomic E-state index is 0.0440. The number of aldehydes is 1. The van der Waals surface area contributed by atoms with Crippen molar-refractivity contribution in [1.29, 1.82) is 0 Å². The number of carbonyl (C=O) groups is 4. The number of esters is 3. The van der Waals surface area contributed by atoms with Gasteiger partial charge >= 0.3 is 17.9 Å². The standard InChI is InChI=1S/C40H65NO15/c1-11-30(45)54-38-25(5)51-32(21-40(38,7)48)55-35-24(4)52-39(34(47)33(35)41(8)9)56-36-27(17-18-42)19-22(2)28(44)16-14-12-13-15-23(3)50-31(46)20-29(37(36)49-10)53-26(6)43/h12-14,16,18,22-25,27-29,32-39,44,47-48H,11,15,17,19-21H2,1-10H3/b13-12+,16-14+. The van der Waals surface area contributed by atoms with Crippen LogP contribution in [0.1, 0.15) is 87.0 Å². The van der Waals surface area contributed by atoms with Crippen LogP contribution in [0.3, 0.4) is 0 Å². The monoisotopic (exact) mass is 799 g/mol. The SMILES string of the molecule is CCC(=O)OC1C(C)OC(OC2C(C)OC(OC3C(CC=O)CC(C)C(O)/C=C/C=C/CC(C)OC(=O)CC(OC(C)=O)C3OC)C(O)C2N(C)C)CC1(C)O. The number of ether oxygens (including phenoxy) is 8. The lowest BCUT2D eigenvalue weighted by Gasteiger charge is -2.50. The second-order valence-electron chi connectivity index (χ2n) is 15.7. The molecule has 3 heterocycles. The van der Waals surface area contributed by atoms with Gasteiger partial charge in [0.25, 0.3) is 0 Å². The molecule has 0 amide bonds. The Kier molecular flexibility index (Phi) is 18.5. The van der Waals surface area contributed by atoms with Crippen molar-refractivity contribution in [3.63, 3.8) is 0 Å². The van der Waals surface area contributed by atoms with E-state index < -0.39 is 121 Å². The molecule has 0 bridgehead atoms. The van der Waals surface area contributed by atoms with Crippen molar-refractivity contribution in [2.45, 2.75) is 172 Å². The first kappa shape index (κ1) is 47.6. The van der Waals surface area contributed by atoms with Gasteiger partial charge in [0.2, 0.25) is 0 Å². The highest BCUT2D eigenvalue weighted by molar-refractivity contribution is 5.72. The molecule has 0 aromatic carbocycles. The van der Waals surface area contributed by atoms with Crippen molar-refractivity contribution in [1.82, 2.24) is 4.90 Å². The van der Waals surface area contributed by atoms with Gasteiger partial charge in [-0.15, -0.1) is 0 Å². The number of aliphatic hydroxyl groups excluding tert-OH is 2. The Morgan fingerprint density at radius 1 is 1.02 bits per heavy atom. The molecule has 2 fully saturated rings. The summed E-state index contributed by atoms with van der Waals surface area (Å²) in [6.07, 6.45) is -4.12. The number of hydrogen-bond acceptors (Lipinski definition) is 16. The van der Waals surface area contributed by atoms with Gasteiger partial charge in [-0.05, 0) is 60.0 Å². The Bertz CT molecular complexity index is 1340. The van der Waals surface area contributed by atoms with Gasteiger partial charge in [-0.2, -0.15) is 0 Å². The van der Waals surface area contributed by atoms with Gasteiger partial charge in [0, 0.05) is 39.7 Å². The smallest absolute Gasteiger partial charge is 0.309 e. The van der Waals surface area contributed by atoms with Crippen LogP contribution < -0.4 is 0 Å². The van der Waals surface area contributed by atoms with Crippen LogP contribution in [0.5, 0.6) is 0 Å². The summed E-state index contributed by atoms with van der Waals surface area (Å²) in [5, 5.41) is 34.4. The summed E-state index contributed by atoms with van der Waals surface area (Å²) in [5.74, 6) is -2.92. The lowest BCUT2D eigenvalue weighted by molar-refractivity contribution is -0.344. The molecule has 16 heteroatoms. The number of aliphatic hydroxyl groups is 3. The fourth-order valence-corrected chi connectivity index (χ4v) is 7.78. The number of cyclic esters (lactones) is 1. The third-order valence-corrected chi connectivity index (χ3v) is 10.6. The Labute approximate surface area is 330 Å². The van der Waals surface area contributed by atoms with Gasteiger partial charge in [0.15, 0.2) is 18.7 Å². The number of rotatable bonds is 11. The zero-order valence-electron chi connectivity index (χ0n) is 34.5. The van der Waals surface area contributed by atoms with E-state index in [9.17, 15) is 34.5 Å². The second-order valence-corrected chi connectivity index (χ2v) is 15.7. The van der Waals surface area contributed by atoms with Crippen LogP contribution >= 0.6 is 0 Å². The summed E-state index contributed by atoms with van der Waals surface area (Å²) in [7, 11) is 4.85. The number of likely N-dealkylation sites (N-methyl/N-ethyl adjacent to an activating group) is 1. The summed E-state index contributed by atoms with van der Waals surface area (Å²) in [4.78, 5) is 51.7. The maximum Gasteiger partial charge on any atom is 0.309 e. The Balaban J connectivity index is 2.00. The number of nitrogens with zero attached hydrogens (tertiary/aromatic N) is 1. The average Bonchev–Trinajstić information content (AvgIpc) is 3.09. The molecule has 0 radical (unpaired) electrons. The minimum atomic E-state index is -1.49. The van der Waals surface area contributed by atoms with Crippen LogP contribution in [0.15, 0.2) is 24.3 Å². The molecule has 56 heavy (non-hydrogen) atoms. The molecule has 0 saturated carbocycles. The van der Waals surface area contributed by atoms with Crippen molar-refractivity contribution in [3.05, 3.63) is 24.3 Å². The molecule has 3 aliphatic rings. The maximum atomic E-state index is 13.2. The van der Waals surface area contributed by atoms with E-state index in [1.54, 1.807) is 77.9 Å². The van der Waals surface area contributed by atoms with Crippen LogP contribution in [-0.2, 0) is 57.1 Å². The molecule has 0 aliphatic carbocycles. The lowest BCUT2D eigenvalue weighted by atomic mass is 9.82. The molecule has 0 spiro atoms. The van der Waals surface area contributed by atoms with Crippen molar-refractivity contribution in [2.24, 2.45) is 11.8 Å². The molecule has 0 aromatic heterocycles. The van der Waals surface area contributed by atoms with E-state index in [4.69, 9.17) is 37.9 Å². The van der Waals surface area contributed by atoms with Gasteiger partial charge in [-0.3, -0.25) is 14.4 Å². The summed E-state index contributed by atoms with van der Waals surface area (Å²) in [5.41, 5.74) is -1.49. The minimum Gasteiger partial charge on any atom is -0.462 e. The van der Waals surface area contributed by atoms with Crippen molar-refractivity contribution in [3.8, 4) is 0 Å². The van der Waals surface area contributed by atoms with Gasteiger partial charge in [0.05, 0.1) is 36.9 Å². The van der Waals surface area contributed by atoms with E-state index in [1.807, 2.05) is 6.92 Å². The fourth-order valence-electron chi connectivity index (χ4n) is 7.78. The largest absolute Gasteiger partial charge is 0.462 e.